The van der Waals surface area contributed by atoms with Crippen molar-refractivity contribution >= 4 is 0 Å². The van der Waals surface area contributed by atoms with Gasteiger partial charge in [0.2, 0.25) is 0 Å². The molecule has 0 aromatic heterocycles. The summed E-state index contributed by atoms with van der Waals surface area (Å²) in [4.78, 5) is 0. The number of para-hydroxylation sites is 1. The molecule has 0 heterocycles. The molecule has 1 N–H and O–H groups in total. The summed E-state index contributed by atoms with van der Waals surface area (Å²) in [7, 11) is 4.90. The van der Waals surface area contributed by atoms with Crippen LogP contribution < -0.4 is 14.2 Å². The summed E-state index contributed by atoms with van der Waals surface area (Å²) in [5.74, 6) is 2.23. The molecule has 4 heteroatoms. The Kier molecular flexibility index (Phi) is 5.67. The summed E-state index contributed by atoms with van der Waals surface area (Å²) in [6, 6.07) is 11.6. The van der Waals surface area contributed by atoms with E-state index in [1.807, 2.05) is 36.4 Å². The maximum absolute atomic E-state index is 9.58. The van der Waals surface area contributed by atoms with Crippen LogP contribution in [0.4, 0.5) is 0 Å². The average molecular weight is 302 g/mol. The highest BCUT2D eigenvalue weighted by atomic mass is 16.5. The molecule has 22 heavy (non-hydrogen) atoms. The third kappa shape index (κ3) is 3.34. The van der Waals surface area contributed by atoms with Gasteiger partial charge in [-0.2, -0.15) is 0 Å². The quantitative estimate of drug-likeness (QED) is 0.854. The van der Waals surface area contributed by atoms with E-state index in [0.29, 0.717) is 11.5 Å². The smallest absolute Gasteiger partial charge is 0.164 e. The minimum Gasteiger partial charge on any atom is -0.496 e. The second kappa shape index (κ2) is 7.71. The zero-order valence-electron chi connectivity index (χ0n) is 13.3. The van der Waals surface area contributed by atoms with Crippen molar-refractivity contribution in [2.45, 2.75) is 19.4 Å². The molecule has 0 bridgehead atoms. The molecule has 0 atom stereocenters. The van der Waals surface area contributed by atoms with Crippen LogP contribution in [0.1, 0.15) is 16.7 Å². The fourth-order valence-electron chi connectivity index (χ4n) is 2.62. The molecule has 0 aliphatic carbocycles. The van der Waals surface area contributed by atoms with Gasteiger partial charge in [-0.3, -0.25) is 0 Å². The van der Waals surface area contributed by atoms with Crippen molar-refractivity contribution in [3.05, 3.63) is 53.1 Å². The number of benzene rings is 2. The molecular formula is C18H22O4. The monoisotopic (exact) mass is 302 g/mol. The normalized spacial score (nSPS) is 10.4. The van der Waals surface area contributed by atoms with Crippen LogP contribution in [0.15, 0.2) is 36.4 Å². The first-order chi connectivity index (χ1) is 10.7. The summed E-state index contributed by atoms with van der Waals surface area (Å²) >= 11 is 0. The second-order valence-electron chi connectivity index (χ2n) is 4.91. The van der Waals surface area contributed by atoms with Crippen LogP contribution in [0.3, 0.4) is 0 Å². The predicted molar refractivity (Wildman–Crippen MR) is 85.9 cm³/mol. The number of aryl methyl sites for hydroxylation is 1. The summed E-state index contributed by atoms with van der Waals surface area (Å²) in [6.07, 6.45) is 1.52. The molecule has 2 aromatic carbocycles. The topological polar surface area (TPSA) is 47.9 Å². The largest absolute Gasteiger partial charge is 0.496 e. The molecule has 0 fully saturated rings. The van der Waals surface area contributed by atoms with Gasteiger partial charge in [0.1, 0.15) is 5.75 Å². The molecule has 0 radical (unpaired) electrons. The molecule has 2 rings (SSSR count). The molecule has 0 unspecified atom stereocenters. The van der Waals surface area contributed by atoms with Crippen molar-refractivity contribution in [1.82, 2.24) is 0 Å². The van der Waals surface area contributed by atoms with Crippen LogP contribution >= 0.6 is 0 Å². The highest BCUT2D eigenvalue weighted by molar-refractivity contribution is 5.51. The summed E-state index contributed by atoms with van der Waals surface area (Å²) in [5.41, 5.74) is 2.95. The van der Waals surface area contributed by atoms with Crippen LogP contribution in [0.5, 0.6) is 17.2 Å². The van der Waals surface area contributed by atoms with Gasteiger partial charge < -0.3 is 19.3 Å². The molecule has 118 valence electrons. The van der Waals surface area contributed by atoms with Gasteiger partial charge in [-0.1, -0.05) is 24.3 Å². The van der Waals surface area contributed by atoms with Crippen LogP contribution in [0.25, 0.3) is 0 Å². The lowest BCUT2D eigenvalue weighted by Crippen LogP contribution is -2.03. The first kappa shape index (κ1) is 16.2. The van der Waals surface area contributed by atoms with Gasteiger partial charge in [-0.25, -0.2) is 0 Å². The van der Waals surface area contributed by atoms with Gasteiger partial charge in [0, 0.05) is 5.56 Å². The average Bonchev–Trinajstić information content (AvgIpc) is 2.58. The Balaban J connectivity index is 2.32. The minimum absolute atomic E-state index is 0.0262. The van der Waals surface area contributed by atoms with Crippen molar-refractivity contribution in [3.8, 4) is 17.2 Å². The number of hydrogen-bond donors (Lipinski definition) is 1. The number of hydrogen-bond acceptors (Lipinski definition) is 4. The van der Waals surface area contributed by atoms with Crippen LogP contribution in [0.2, 0.25) is 0 Å². The highest BCUT2D eigenvalue weighted by Gasteiger charge is 2.15. The maximum Gasteiger partial charge on any atom is 0.164 e. The second-order valence-corrected chi connectivity index (χ2v) is 4.91. The molecule has 0 spiro atoms. The molecule has 0 amide bonds. The van der Waals surface area contributed by atoms with Crippen LogP contribution in [-0.2, 0) is 19.4 Å². The number of rotatable bonds is 7. The van der Waals surface area contributed by atoms with Gasteiger partial charge in [-0.15, -0.1) is 0 Å². The number of ether oxygens (including phenoxy) is 3. The van der Waals surface area contributed by atoms with Crippen molar-refractivity contribution in [1.29, 1.82) is 0 Å². The molecule has 2 aromatic rings. The predicted octanol–water partition coefficient (Wildman–Crippen LogP) is 2.99. The standard InChI is InChI=1S/C18H22O4/c1-20-16-7-5-4-6-13(16)8-10-15-14(12-19)9-11-17(21-2)18(15)22-3/h4-7,9,11,19H,8,10,12H2,1-3H3. The lowest BCUT2D eigenvalue weighted by atomic mass is 9.98. The van der Waals surface area contributed by atoms with E-state index in [4.69, 9.17) is 14.2 Å². The maximum atomic E-state index is 9.58. The van der Waals surface area contributed by atoms with E-state index < -0.39 is 0 Å². The van der Waals surface area contributed by atoms with Crippen molar-refractivity contribution < 1.29 is 19.3 Å². The summed E-state index contributed by atoms with van der Waals surface area (Å²) in [6.45, 7) is -0.0262. The van der Waals surface area contributed by atoms with E-state index in [1.54, 1.807) is 21.3 Å². The number of methoxy groups -OCH3 is 3. The fourth-order valence-corrected chi connectivity index (χ4v) is 2.62. The molecule has 0 saturated carbocycles. The third-order valence-corrected chi connectivity index (χ3v) is 3.75. The first-order valence-electron chi connectivity index (χ1n) is 7.20. The Bertz CT molecular complexity index is 622. The zero-order valence-corrected chi connectivity index (χ0v) is 13.3. The molecule has 4 nitrogen and oxygen atoms in total. The molecule has 0 aliphatic heterocycles. The lowest BCUT2D eigenvalue weighted by molar-refractivity contribution is 0.278. The Morgan fingerprint density at radius 1 is 0.773 bits per heavy atom. The number of aliphatic hydroxyl groups is 1. The van der Waals surface area contributed by atoms with E-state index in [0.717, 1.165) is 35.3 Å². The van der Waals surface area contributed by atoms with Crippen molar-refractivity contribution in [2.75, 3.05) is 21.3 Å². The first-order valence-corrected chi connectivity index (χ1v) is 7.20. The minimum atomic E-state index is -0.0262. The van der Waals surface area contributed by atoms with E-state index in [-0.39, 0.29) is 6.61 Å². The Morgan fingerprint density at radius 2 is 1.50 bits per heavy atom. The lowest BCUT2D eigenvalue weighted by Gasteiger charge is -2.16. The SMILES string of the molecule is COc1ccccc1CCc1c(CO)ccc(OC)c1OC. The molecule has 0 saturated heterocycles. The van der Waals surface area contributed by atoms with E-state index in [9.17, 15) is 5.11 Å². The Labute approximate surface area is 131 Å². The van der Waals surface area contributed by atoms with Gasteiger partial charge in [0.25, 0.3) is 0 Å². The third-order valence-electron chi connectivity index (χ3n) is 3.75. The van der Waals surface area contributed by atoms with Gasteiger partial charge in [0.05, 0.1) is 27.9 Å². The van der Waals surface area contributed by atoms with E-state index in [1.165, 1.54) is 0 Å². The zero-order chi connectivity index (χ0) is 15.9. The van der Waals surface area contributed by atoms with Crippen LogP contribution in [0, 0.1) is 0 Å². The summed E-state index contributed by atoms with van der Waals surface area (Å²) < 4.78 is 16.2. The van der Waals surface area contributed by atoms with E-state index in [2.05, 4.69) is 0 Å². The Hall–Kier alpha value is -2.20. The molecule has 0 aliphatic rings. The van der Waals surface area contributed by atoms with Crippen LogP contribution in [-0.4, -0.2) is 26.4 Å². The van der Waals surface area contributed by atoms with Crippen molar-refractivity contribution in [3.63, 3.8) is 0 Å². The van der Waals surface area contributed by atoms with Crippen molar-refractivity contribution in [2.24, 2.45) is 0 Å². The van der Waals surface area contributed by atoms with E-state index >= 15 is 0 Å². The van der Waals surface area contributed by atoms with Gasteiger partial charge >= 0.3 is 0 Å². The highest BCUT2D eigenvalue weighted by Crippen LogP contribution is 2.35. The fraction of sp³-hybridized carbons (Fsp3) is 0.333. The Morgan fingerprint density at radius 3 is 2.14 bits per heavy atom. The van der Waals surface area contributed by atoms with Gasteiger partial charge in [-0.05, 0) is 36.1 Å². The number of aliphatic hydroxyl groups excluding tert-OH is 1. The summed E-state index contributed by atoms with van der Waals surface area (Å²) in [5, 5.41) is 9.58. The molecular weight excluding hydrogens is 280 g/mol. The van der Waals surface area contributed by atoms with Gasteiger partial charge in [0.15, 0.2) is 11.5 Å².